The molecule has 1 fully saturated rings. The van der Waals surface area contributed by atoms with Gasteiger partial charge in [-0.05, 0) is 28.9 Å². The van der Waals surface area contributed by atoms with Gasteiger partial charge in [0.2, 0.25) is 5.69 Å². The van der Waals surface area contributed by atoms with E-state index in [2.05, 4.69) is 5.27 Å². The number of aromatic amines is 1. The van der Waals surface area contributed by atoms with Crippen molar-refractivity contribution < 1.29 is 18.9 Å². The van der Waals surface area contributed by atoms with Gasteiger partial charge in [0.05, 0.1) is 4.92 Å². The number of non-ortho nitro benzene ring substituents is 1. The first kappa shape index (κ1) is 17.7. The zero-order valence-electron chi connectivity index (χ0n) is 14.8. The third-order valence-corrected chi connectivity index (χ3v) is 4.62. The van der Waals surface area contributed by atoms with Crippen LogP contribution in [-0.2, 0) is 6.54 Å². The lowest BCUT2D eigenvalue weighted by molar-refractivity contribution is -0.678. The second-order valence-electron chi connectivity index (χ2n) is 6.57. The molecular formula is C19H17N4O5+. The van der Waals surface area contributed by atoms with E-state index in [9.17, 15) is 19.7 Å². The molecule has 9 nitrogen and oxygen atoms in total. The van der Waals surface area contributed by atoms with Crippen LogP contribution in [0.2, 0.25) is 0 Å². The minimum absolute atomic E-state index is 0.00899. The number of para-hydroxylation sites is 1. The van der Waals surface area contributed by atoms with Crippen LogP contribution < -0.4 is 10.3 Å². The maximum atomic E-state index is 13.0. The summed E-state index contributed by atoms with van der Waals surface area (Å²) in [6.07, 6.45) is 1.64. The molecule has 1 aromatic heterocycles. The van der Waals surface area contributed by atoms with E-state index in [-0.39, 0.29) is 35.4 Å². The molecule has 0 bridgehead atoms. The van der Waals surface area contributed by atoms with Gasteiger partial charge < -0.3 is 4.90 Å². The van der Waals surface area contributed by atoms with Crippen LogP contribution in [0.1, 0.15) is 28.9 Å². The number of carbonyl (C=O) groups excluding carboxylic acids is 1. The Balaban J connectivity index is 1.67. The molecule has 9 heteroatoms. The summed E-state index contributed by atoms with van der Waals surface area (Å²) in [4.78, 5) is 37.3. The van der Waals surface area contributed by atoms with Crippen LogP contribution in [0.5, 0.6) is 0 Å². The molecule has 0 unspecified atom stereocenters. The molecule has 1 saturated carbocycles. The number of hydrogen-bond donors (Lipinski definition) is 1. The van der Waals surface area contributed by atoms with Crippen molar-refractivity contribution in [3.05, 3.63) is 86.4 Å². The van der Waals surface area contributed by atoms with Crippen molar-refractivity contribution in [2.24, 2.45) is 0 Å². The molecule has 142 valence electrons. The van der Waals surface area contributed by atoms with Gasteiger partial charge in [0.15, 0.2) is 0 Å². The molecule has 1 aliphatic rings. The van der Waals surface area contributed by atoms with Crippen molar-refractivity contribution in [1.82, 2.24) is 10.2 Å². The fourth-order valence-corrected chi connectivity index (χ4v) is 3.05. The van der Waals surface area contributed by atoms with Crippen molar-refractivity contribution in [3.8, 4) is 5.69 Å². The van der Waals surface area contributed by atoms with Gasteiger partial charge in [0, 0.05) is 35.9 Å². The predicted molar refractivity (Wildman–Crippen MR) is 96.9 cm³/mol. The second-order valence-corrected chi connectivity index (χ2v) is 6.57. The van der Waals surface area contributed by atoms with Gasteiger partial charge >= 0.3 is 11.3 Å². The maximum Gasteiger partial charge on any atom is 0.432 e. The number of nitro benzene ring substituents is 1. The molecule has 0 radical (unpaired) electrons. The molecule has 28 heavy (non-hydrogen) atoms. The Morgan fingerprint density at radius 1 is 1.21 bits per heavy atom. The van der Waals surface area contributed by atoms with Crippen LogP contribution in [-0.4, -0.2) is 27.0 Å². The Kier molecular flexibility index (Phi) is 4.48. The number of carbonyl (C=O) groups is 1. The van der Waals surface area contributed by atoms with Gasteiger partial charge in [-0.15, -0.1) is 0 Å². The molecule has 0 spiro atoms. The predicted octanol–water partition coefficient (Wildman–Crippen LogP) is 1.96. The van der Waals surface area contributed by atoms with Crippen molar-refractivity contribution in [1.29, 1.82) is 0 Å². The van der Waals surface area contributed by atoms with E-state index >= 15 is 0 Å². The monoisotopic (exact) mass is 381 g/mol. The summed E-state index contributed by atoms with van der Waals surface area (Å²) in [7, 11) is 0. The Bertz CT molecular complexity index is 1080. The summed E-state index contributed by atoms with van der Waals surface area (Å²) < 4.78 is 6.44. The third kappa shape index (κ3) is 3.41. The second kappa shape index (κ2) is 7.10. The fraction of sp³-hybridized carbons (Fsp3) is 0.211. The van der Waals surface area contributed by atoms with E-state index in [1.54, 1.807) is 17.0 Å². The van der Waals surface area contributed by atoms with Crippen molar-refractivity contribution in [2.45, 2.75) is 25.4 Å². The van der Waals surface area contributed by atoms with Gasteiger partial charge in [-0.25, -0.2) is 4.79 Å². The average Bonchev–Trinajstić information content (AvgIpc) is 3.49. The first-order chi connectivity index (χ1) is 13.5. The minimum atomic E-state index is -0.568. The van der Waals surface area contributed by atoms with Gasteiger partial charge in [-0.2, -0.15) is 0 Å². The molecule has 0 atom stereocenters. The number of amides is 1. The summed E-state index contributed by atoms with van der Waals surface area (Å²) in [5.41, 5.74) is 0.467. The van der Waals surface area contributed by atoms with Crippen molar-refractivity contribution in [3.63, 3.8) is 0 Å². The van der Waals surface area contributed by atoms with Crippen LogP contribution in [0.3, 0.4) is 0 Å². The average molecular weight is 381 g/mol. The van der Waals surface area contributed by atoms with E-state index < -0.39 is 10.5 Å². The van der Waals surface area contributed by atoms with E-state index in [1.807, 2.05) is 18.2 Å². The quantitative estimate of drug-likeness (QED) is 0.398. The SMILES string of the molecule is O=C(c1cccc([N+](=O)[O-])c1)N(Cc1c(=O)o[nH][n+]1-c1ccccc1)C1CC1. The Morgan fingerprint density at radius 3 is 2.64 bits per heavy atom. The minimum Gasteiger partial charge on any atom is -0.325 e. The Hall–Kier alpha value is -3.75. The van der Waals surface area contributed by atoms with E-state index in [0.29, 0.717) is 5.69 Å². The summed E-state index contributed by atoms with van der Waals surface area (Å²) >= 11 is 0. The molecule has 0 aliphatic heterocycles. The highest BCUT2D eigenvalue weighted by Gasteiger charge is 2.37. The number of benzene rings is 2. The molecule has 4 rings (SSSR count). The summed E-state index contributed by atoms with van der Waals surface area (Å²) in [5, 5.41) is 13.6. The van der Waals surface area contributed by atoms with Gasteiger partial charge in [-0.1, -0.05) is 24.3 Å². The zero-order valence-corrected chi connectivity index (χ0v) is 14.8. The van der Waals surface area contributed by atoms with Gasteiger partial charge in [0.1, 0.15) is 6.54 Å². The molecule has 1 N–H and O–H groups in total. The first-order valence-electron chi connectivity index (χ1n) is 8.78. The normalized spacial score (nSPS) is 13.3. The van der Waals surface area contributed by atoms with Crippen LogP contribution in [0, 0.1) is 10.1 Å². The largest absolute Gasteiger partial charge is 0.432 e. The molecule has 3 aromatic rings. The standard InChI is InChI=1S/C19H16N4O5/c24-18(13-5-4-8-16(11-13)23(26)27)21(14-9-10-14)12-17-19(25)28-20-22(17)15-6-2-1-3-7-15/h1-8,11,14H,9-10,12H2/p+1. The number of nitrogens with one attached hydrogen (secondary N) is 1. The third-order valence-electron chi connectivity index (χ3n) is 4.62. The molecule has 1 heterocycles. The Morgan fingerprint density at radius 2 is 1.96 bits per heavy atom. The molecule has 2 aromatic carbocycles. The number of nitrogens with zero attached hydrogens (tertiary/aromatic N) is 3. The first-order valence-corrected chi connectivity index (χ1v) is 8.78. The molecule has 1 aliphatic carbocycles. The van der Waals surface area contributed by atoms with E-state index in [4.69, 9.17) is 4.52 Å². The maximum absolute atomic E-state index is 13.0. The van der Waals surface area contributed by atoms with E-state index in [1.165, 1.54) is 28.9 Å². The summed E-state index contributed by atoms with van der Waals surface area (Å²) in [6.45, 7) is 0.0346. The number of rotatable bonds is 6. The van der Waals surface area contributed by atoms with Crippen LogP contribution >= 0.6 is 0 Å². The van der Waals surface area contributed by atoms with Crippen LogP contribution in [0.25, 0.3) is 5.69 Å². The van der Waals surface area contributed by atoms with Crippen molar-refractivity contribution in [2.75, 3.05) is 0 Å². The number of hydrogen-bond acceptors (Lipinski definition) is 5. The summed E-state index contributed by atoms with van der Waals surface area (Å²) in [6, 6.07) is 14.7. The Labute approximate surface area is 158 Å². The van der Waals surface area contributed by atoms with E-state index in [0.717, 1.165) is 12.8 Å². The lowest BCUT2D eigenvalue weighted by Crippen LogP contribution is -2.43. The fourth-order valence-electron chi connectivity index (χ4n) is 3.05. The van der Waals surface area contributed by atoms with Crippen LogP contribution in [0.15, 0.2) is 63.9 Å². The molecular weight excluding hydrogens is 364 g/mol. The highest BCUT2D eigenvalue weighted by atomic mass is 16.6. The van der Waals surface area contributed by atoms with Gasteiger partial charge in [0.25, 0.3) is 11.6 Å². The number of aromatic nitrogens is 2. The summed E-state index contributed by atoms with van der Waals surface area (Å²) in [5.74, 6) is -0.355. The lowest BCUT2D eigenvalue weighted by Gasteiger charge is -2.19. The smallest absolute Gasteiger partial charge is 0.325 e. The highest BCUT2D eigenvalue weighted by molar-refractivity contribution is 5.95. The number of nitro groups is 1. The van der Waals surface area contributed by atoms with Gasteiger partial charge in [-0.3, -0.25) is 19.4 Å². The zero-order chi connectivity index (χ0) is 19.7. The molecule has 0 saturated heterocycles. The highest BCUT2D eigenvalue weighted by Crippen LogP contribution is 2.29. The topological polar surface area (TPSA) is 113 Å². The number of H-pyrrole nitrogens is 1. The lowest BCUT2D eigenvalue weighted by atomic mass is 10.1. The van der Waals surface area contributed by atoms with Crippen molar-refractivity contribution >= 4 is 11.6 Å². The molecule has 1 amide bonds. The van der Waals surface area contributed by atoms with Crippen LogP contribution in [0.4, 0.5) is 5.69 Å².